The van der Waals surface area contributed by atoms with Crippen LogP contribution in [0.25, 0.3) is 11.0 Å². The predicted octanol–water partition coefficient (Wildman–Crippen LogP) is 3.40. The highest BCUT2D eigenvalue weighted by molar-refractivity contribution is 9.10. The van der Waals surface area contributed by atoms with Crippen LogP contribution in [0.2, 0.25) is 0 Å². The number of aryl methyl sites for hydroxylation is 1. The number of hydrogen-bond donors (Lipinski definition) is 1. The van der Waals surface area contributed by atoms with Gasteiger partial charge in [-0.15, -0.1) is 0 Å². The van der Waals surface area contributed by atoms with Crippen molar-refractivity contribution in [3.8, 4) is 0 Å². The first-order valence-corrected chi connectivity index (χ1v) is 7.49. The first-order valence-electron chi connectivity index (χ1n) is 6.70. The zero-order chi connectivity index (χ0) is 15.7. The van der Waals surface area contributed by atoms with E-state index in [1.165, 1.54) is 12.1 Å². The highest BCUT2D eigenvalue weighted by atomic mass is 79.9. The molecule has 1 N–H and O–H groups in total. The van der Waals surface area contributed by atoms with Crippen molar-refractivity contribution in [1.82, 2.24) is 14.9 Å². The van der Waals surface area contributed by atoms with Gasteiger partial charge in [-0.2, -0.15) is 0 Å². The third-order valence-corrected chi connectivity index (χ3v) is 3.96. The van der Waals surface area contributed by atoms with E-state index in [1.54, 1.807) is 6.07 Å². The molecule has 3 rings (SSSR count). The molecule has 0 spiro atoms. The number of carbonyl (C=O) groups is 1. The number of carbonyl (C=O) groups excluding carboxylic acids is 1. The molecule has 4 nitrogen and oxygen atoms in total. The minimum Gasteiger partial charge on any atom is -0.345 e. The summed E-state index contributed by atoms with van der Waals surface area (Å²) >= 11 is 3.17. The lowest BCUT2D eigenvalue weighted by Gasteiger charge is -2.06. The lowest BCUT2D eigenvalue weighted by Crippen LogP contribution is -2.25. The van der Waals surface area contributed by atoms with E-state index in [1.807, 2.05) is 35.9 Å². The molecule has 1 aromatic heterocycles. The van der Waals surface area contributed by atoms with E-state index in [-0.39, 0.29) is 12.1 Å². The molecule has 22 heavy (non-hydrogen) atoms. The average molecular weight is 362 g/mol. The van der Waals surface area contributed by atoms with Gasteiger partial charge in [0.15, 0.2) is 0 Å². The maximum absolute atomic E-state index is 13.8. The van der Waals surface area contributed by atoms with Crippen LogP contribution >= 0.6 is 15.9 Å². The van der Waals surface area contributed by atoms with Gasteiger partial charge in [0.1, 0.15) is 11.6 Å². The van der Waals surface area contributed by atoms with E-state index in [9.17, 15) is 9.18 Å². The number of nitrogens with one attached hydrogen (secondary N) is 1. The van der Waals surface area contributed by atoms with Gasteiger partial charge in [0.05, 0.1) is 23.1 Å². The third kappa shape index (κ3) is 2.74. The first kappa shape index (κ1) is 14.7. The standard InChI is InChI=1S/C16H13BrFN3O/c1-21-14-5-3-2-4-13(14)20-15(21)9-19-16(22)11-7-6-10(17)8-12(11)18/h2-8H,9H2,1H3,(H,19,22). The van der Waals surface area contributed by atoms with Crippen LogP contribution in [0.4, 0.5) is 4.39 Å². The highest BCUT2D eigenvalue weighted by Crippen LogP contribution is 2.16. The molecule has 0 saturated heterocycles. The molecule has 0 aliphatic carbocycles. The summed E-state index contributed by atoms with van der Waals surface area (Å²) in [4.78, 5) is 16.5. The molecule has 1 heterocycles. The van der Waals surface area contributed by atoms with Crippen molar-refractivity contribution in [3.63, 3.8) is 0 Å². The molecule has 1 amide bonds. The number of aromatic nitrogens is 2. The molecule has 0 radical (unpaired) electrons. The van der Waals surface area contributed by atoms with Crippen molar-refractivity contribution in [2.75, 3.05) is 0 Å². The Balaban J connectivity index is 1.79. The second kappa shape index (κ2) is 5.88. The molecular formula is C16H13BrFN3O. The minimum absolute atomic E-state index is 0.0157. The molecule has 6 heteroatoms. The van der Waals surface area contributed by atoms with Crippen LogP contribution in [-0.2, 0) is 13.6 Å². The van der Waals surface area contributed by atoms with Crippen molar-refractivity contribution in [2.45, 2.75) is 6.54 Å². The Kier molecular flexibility index (Phi) is 3.94. The monoisotopic (exact) mass is 361 g/mol. The van der Waals surface area contributed by atoms with Gasteiger partial charge in [-0.1, -0.05) is 28.1 Å². The summed E-state index contributed by atoms with van der Waals surface area (Å²) < 4.78 is 16.3. The highest BCUT2D eigenvalue weighted by Gasteiger charge is 2.13. The number of amides is 1. The summed E-state index contributed by atoms with van der Waals surface area (Å²) in [5.74, 6) is -0.305. The number of halogens is 2. The zero-order valence-electron chi connectivity index (χ0n) is 11.8. The van der Waals surface area contributed by atoms with E-state index in [4.69, 9.17) is 0 Å². The normalized spacial score (nSPS) is 10.9. The Bertz CT molecular complexity index is 860. The lowest BCUT2D eigenvalue weighted by molar-refractivity contribution is 0.0945. The molecule has 0 atom stereocenters. The average Bonchev–Trinajstić information content (AvgIpc) is 2.82. The van der Waals surface area contributed by atoms with E-state index in [2.05, 4.69) is 26.2 Å². The van der Waals surface area contributed by atoms with Gasteiger partial charge in [0.25, 0.3) is 5.91 Å². The Morgan fingerprint density at radius 3 is 2.82 bits per heavy atom. The fourth-order valence-corrected chi connectivity index (χ4v) is 2.61. The molecule has 0 aliphatic rings. The van der Waals surface area contributed by atoms with Crippen molar-refractivity contribution in [3.05, 3.63) is 64.1 Å². The summed E-state index contributed by atoms with van der Waals surface area (Å²) in [5, 5.41) is 2.70. The van der Waals surface area contributed by atoms with Crippen molar-refractivity contribution < 1.29 is 9.18 Å². The van der Waals surface area contributed by atoms with E-state index >= 15 is 0 Å². The predicted molar refractivity (Wildman–Crippen MR) is 86.0 cm³/mol. The number of hydrogen-bond acceptors (Lipinski definition) is 2. The summed E-state index contributed by atoms with van der Waals surface area (Å²) in [5.41, 5.74) is 1.87. The van der Waals surface area contributed by atoms with Crippen LogP contribution in [0, 0.1) is 5.82 Å². The van der Waals surface area contributed by atoms with Gasteiger partial charge in [0.2, 0.25) is 0 Å². The fourth-order valence-electron chi connectivity index (χ4n) is 2.28. The van der Waals surface area contributed by atoms with Crippen LogP contribution in [0.1, 0.15) is 16.2 Å². The van der Waals surface area contributed by atoms with E-state index in [0.717, 1.165) is 11.0 Å². The zero-order valence-corrected chi connectivity index (χ0v) is 13.4. The second-order valence-corrected chi connectivity index (χ2v) is 5.80. The van der Waals surface area contributed by atoms with Gasteiger partial charge in [-0.25, -0.2) is 9.37 Å². The van der Waals surface area contributed by atoms with Crippen LogP contribution < -0.4 is 5.32 Å². The van der Waals surface area contributed by atoms with Crippen molar-refractivity contribution >= 4 is 32.9 Å². The summed E-state index contributed by atoms with van der Waals surface area (Å²) in [6.45, 7) is 0.236. The topological polar surface area (TPSA) is 46.9 Å². The molecule has 112 valence electrons. The molecule has 3 aromatic rings. The maximum Gasteiger partial charge on any atom is 0.254 e. The third-order valence-electron chi connectivity index (χ3n) is 3.46. The molecular weight excluding hydrogens is 349 g/mol. The van der Waals surface area contributed by atoms with Gasteiger partial charge in [-0.3, -0.25) is 4.79 Å². The molecule has 0 bridgehead atoms. The number of imidazole rings is 1. The van der Waals surface area contributed by atoms with Crippen molar-refractivity contribution in [1.29, 1.82) is 0 Å². The molecule has 0 unspecified atom stereocenters. The minimum atomic E-state index is -0.558. The van der Waals surface area contributed by atoms with Crippen LogP contribution in [0.5, 0.6) is 0 Å². The smallest absolute Gasteiger partial charge is 0.254 e. The largest absolute Gasteiger partial charge is 0.345 e. The summed E-state index contributed by atoms with van der Waals surface area (Å²) in [6, 6.07) is 12.1. The van der Waals surface area contributed by atoms with E-state index < -0.39 is 11.7 Å². The van der Waals surface area contributed by atoms with E-state index in [0.29, 0.717) is 10.3 Å². The Hall–Kier alpha value is -2.21. The fraction of sp³-hybridized carbons (Fsp3) is 0.125. The molecule has 2 aromatic carbocycles. The summed E-state index contributed by atoms with van der Waals surface area (Å²) in [6.07, 6.45) is 0. The SMILES string of the molecule is Cn1c(CNC(=O)c2ccc(Br)cc2F)nc2ccccc21. The van der Waals surface area contributed by atoms with Gasteiger partial charge >= 0.3 is 0 Å². The number of para-hydroxylation sites is 2. The van der Waals surface area contributed by atoms with Gasteiger partial charge in [-0.05, 0) is 30.3 Å². The van der Waals surface area contributed by atoms with Gasteiger partial charge in [0, 0.05) is 11.5 Å². The van der Waals surface area contributed by atoms with Crippen LogP contribution in [-0.4, -0.2) is 15.5 Å². The number of benzene rings is 2. The Labute approximate surface area is 135 Å². The quantitative estimate of drug-likeness (QED) is 0.776. The molecule has 0 fully saturated rings. The Morgan fingerprint density at radius 1 is 1.32 bits per heavy atom. The number of nitrogens with zero attached hydrogens (tertiary/aromatic N) is 2. The summed E-state index contributed by atoms with van der Waals surface area (Å²) in [7, 11) is 1.89. The van der Waals surface area contributed by atoms with Gasteiger partial charge < -0.3 is 9.88 Å². The maximum atomic E-state index is 13.8. The van der Waals surface area contributed by atoms with Crippen LogP contribution in [0.15, 0.2) is 46.9 Å². The number of rotatable bonds is 3. The Morgan fingerprint density at radius 2 is 2.09 bits per heavy atom. The lowest BCUT2D eigenvalue weighted by atomic mass is 10.2. The second-order valence-electron chi connectivity index (χ2n) is 4.88. The van der Waals surface area contributed by atoms with Crippen molar-refractivity contribution in [2.24, 2.45) is 7.05 Å². The van der Waals surface area contributed by atoms with Crippen LogP contribution in [0.3, 0.4) is 0 Å². The molecule has 0 aliphatic heterocycles. The number of fused-ring (bicyclic) bond motifs is 1. The molecule has 0 saturated carbocycles. The first-order chi connectivity index (χ1) is 10.6.